The third-order valence-corrected chi connectivity index (χ3v) is 6.97. The summed E-state index contributed by atoms with van der Waals surface area (Å²) in [5, 5.41) is 3.41. The summed E-state index contributed by atoms with van der Waals surface area (Å²) in [6.07, 6.45) is 9.55. The minimum Gasteiger partial charge on any atom is -0.468 e. The van der Waals surface area contributed by atoms with Crippen LogP contribution in [0.2, 0.25) is 0 Å². The first-order chi connectivity index (χ1) is 18.5. The van der Waals surface area contributed by atoms with Crippen LogP contribution in [0.25, 0.3) is 0 Å². The molecule has 0 aromatic carbocycles. The molecule has 3 rings (SSSR count). The van der Waals surface area contributed by atoms with E-state index in [-0.39, 0.29) is 19.6 Å². The van der Waals surface area contributed by atoms with E-state index in [4.69, 9.17) is 19.2 Å². The summed E-state index contributed by atoms with van der Waals surface area (Å²) in [7, 11) is 1.42. The number of nitrogens with one attached hydrogen (secondary N) is 1. The molecule has 0 saturated carbocycles. The van der Waals surface area contributed by atoms with E-state index in [9.17, 15) is 4.79 Å². The highest BCUT2D eigenvalue weighted by Gasteiger charge is 2.37. The monoisotopic (exact) mass is 529 g/mol. The van der Waals surface area contributed by atoms with Crippen LogP contribution in [0.5, 0.6) is 0 Å². The van der Waals surface area contributed by atoms with E-state index in [0.29, 0.717) is 19.8 Å². The average Bonchev–Trinajstić information content (AvgIpc) is 3.41. The molecule has 38 heavy (non-hydrogen) atoms. The van der Waals surface area contributed by atoms with Gasteiger partial charge in [0.05, 0.1) is 19.3 Å². The number of ether oxygens (including phenoxy) is 3. The zero-order valence-corrected chi connectivity index (χ0v) is 24.3. The van der Waals surface area contributed by atoms with E-state index in [2.05, 4.69) is 35.5 Å². The maximum atomic E-state index is 12.9. The van der Waals surface area contributed by atoms with Gasteiger partial charge in [-0.05, 0) is 75.1 Å². The highest BCUT2D eigenvalue weighted by atomic mass is 16.5. The molecule has 7 heteroatoms. The lowest BCUT2D eigenvalue weighted by molar-refractivity contribution is -0.145. The maximum absolute atomic E-state index is 12.9. The SMILES string of the molecule is C=C/C=C(\C(=C)C(C)OCC)C(C(=O)OC)N1CC[C@@H](OCCCCc2ccc3c(n2)NCCC3)C1.CC.[HH]. The second-order valence-electron chi connectivity index (χ2n) is 9.48. The van der Waals surface area contributed by atoms with Crippen LogP contribution in [0, 0.1) is 0 Å². The number of allylic oxidation sites excluding steroid dienone is 2. The first-order valence-electron chi connectivity index (χ1n) is 14.3. The van der Waals surface area contributed by atoms with Gasteiger partial charge in [0.15, 0.2) is 0 Å². The Balaban J connectivity index is 0.00000248. The van der Waals surface area contributed by atoms with Crippen LogP contribution in [0.1, 0.15) is 66.1 Å². The maximum Gasteiger partial charge on any atom is 0.327 e. The molecule has 0 amide bonds. The van der Waals surface area contributed by atoms with Gasteiger partial charge >= 0.3 is 5.97 Å². The third kappa shape index (κ3) is 9.07. The van der Waals surface area contributed by atoms with Crippen LogP contribution in [0.3, 0.4) is 0 Å². The molecule has 1 aromatic rings. The number of rotatable bonds is 14. The number of aryl methyl sites for hydroxylation is 2. The highest BCUT2D eigenvalue weighted by Crippen LogP contribution is 2.27. The van der Waals surface area contributed by atoms with Crippen molar-refractivity contribution in [2.75, 3.05) is 45.3 Å². The summed E-state index contributed by atoms with van der Waals surface area (Å²) in [6, 6.07) is 3.81. The summed E-state index contributed by atoms with van der Waals surface area (Å²) >= 11 is 0. The Labute approximate surface area is 231 Å². The summed E-state index contributed by atoms with van der Waals surface area (Å²) in [5.74, 6) is 0.755. The fourth-order valence-electron chi connectivity index (χ4n) is 4.96. The van der Waals surface area contributed by atoms with E-state index in [1.807, 2.05) is 33.8 Å². The number of carbonyl (C=O) groups is 1. The number of hydrogen-bond acceptors (Lipinski definition) is 7. The molecule has 0 radical (unpaired) electrons. The normalized spacial score (nSPS) is 18.9. The minimum atomic E-state index is -0.555. The molecular weight excluding hydrogens is 478 g/mol. The van der Waals surface area contributed by atoms with Crippen LogP contribution >= 0.6 is 0 Å². The van der Waals surface area contributed by atoms with E-state index in [1.54, 1.807) is 6.08 Å². The molecule has 2 unspecified atom stereocenters. The fourth-order valence-corrected chi connectivity index (χ4v) is 4.96. The van der Waals surface area contributed by atoms with Gasteiger partial charge in [-0.25, -0.2) is 9.78 Å². The highest BCUT2D eigenvalue weighted by molar-refractivity contribution is 5.81. The van der Waals surface area contributed by atoms with Crippen molar-refractivity contribution in [3.63, 3.8) is 0 Å². The smallest absolute Gasteiger partial charge is 0.327 e. The zero-order valence-electron chi connectivity index (χ0n) is 24.3. The second-order valence-corrected chi connectivity index (χ2v) is 9.48. The number of likely N-dealkylation sites (tertiary alicyclic amines) is 1. The van der Waals surface area contributed by atoms with E-state index >= 15 is 0 Å². The lowest BCUT2D eigenvalue weighted by atomic mass is 9.94. The summed E-state index contributed by atoms with van der Waals surface area (Å²) in [4.78, 5) is 19.8. The first kappa shape index (κ1) is 31.7. The van der Waals surface area contributed by atoms with Crippen LogP contribution in [0.15, 0.2) is 48.6 Å². The quantitative estimate of drug-likeness (QED) is 0.187. The number of nitrogens with zero attached hydrogens (tertiary/aromatic N) is 2. The van der Waals surface area contributed by atoms with Crippen molar-refractivity contribution in [1.29, 1.82) is 0 Å². The first-order valence-corrected chi connectivity index (χ1v) is 14.3. The number of unbranched alkanes of at least 4 members (excludes halogenated alkanes) is 1. The van der Waals surface area contributed by atoms with Crippen molar-refractivity contribution in [2.24, 2.45) is 0 Å². The number of pyridine rings is 1. The average molecular weight is 530 g/mol. The largest absolute Gasteiger partial charge is 0.468 e. The van der Waals surface area contributed by atoms with Gasteiger partial charge in [0.1, 0.15) is 11.9 Å². The Morgan fingerprint density at radius 2 is 2.13 bits per heavy atom. The molecule has 1 N–H and O–H groups in total. The summed E-state index contributed by atoms with van der Waals surface area (Å²) < 4.78 is 17.1. The number of aromatic nitrogens is 1. The van der Waals surface area contributed by atoms with Gasteiger partial charge < -0.3 is 19.5 Å². The Kier molecular flexibility index (Phi) is 14.3. The lowest BCUT2D eigenvalue weighted by Gasteiger charge is -2.30. The lowest BCUT2D eigenvalue weighted by Crippen LogP contribution is -2.43. The van der Waals surface area contributed by atoms with Gasteiger partial charge in [0.25, 0.3) is 0 Å². The van der Waals surface area contributed by atoms with Crippen molar-refractivity contribution >= 4 is 11.8 Å². The Morgan fingerprint density at radius 3 is 2.84 bits per heavy atom. The molecule has 3 heterocycles. The number of methoxy groups -OCH3 is 1. The Bertz CT molecular complexity index is 936. The molecule has 2 aliphatic heterocycles. The van der Waals surface area contributed by atoms with Crippen molar-refractivity contribution in [3.05, 3.63) is 59.8 Å². The molecule has 0 bridgehead atoms. The van der Waals surface area contributed by atoms with Gasteiger partial charge in [0, 0.05) is 40.0 Å². The number of anilines is 1. The molecule has 214 valence electrons. The molecule has 0 aliphatic carbocycles. The molecule has 7 nitrogen and oxygen atoms in total. The second kappa shape index (κ2) is 17.2. The third-order valence-electron chi connectivity index (χ3n) is 6.97. The number of carbonyl (C=O) groups excluding carboxylic acids is 1. The molecule has 1 saturated heterocycles. The zero-order chi connectivity index (χ0) is 27.9. The predicted octanol–water partition coefficient (Wildman–Crippen LogP) is 5.76. The van der Waals surface area contributed by atoms with Gasteiger partial charge in [0.2, 0.25) is 0 Å². The van der Waals surface area contributed by atoms with Gasteiger partial charge in [-0.15, -0.1) is 0 Å². The van der Waals surface area contributed by atoms with Gasteiger partial charge in [-0.3, -0.25) is 4.90 Å². The van der Waals surface area contributed by atoms with E-state index in [0.717, 1.165) is 67.9 Å². The van der Waals surface area contributed by atoms with Crippen molar-refractivity contribution in [3.8, 4) is 0 Å². The minimum absolute atomic E-state index is 0. The van der Waals surface area contributed by atoms with Crippen LogP contribution in [-0.4, -0.2) is 74.1 Å². The molecule has 3 atom stereocenters. The van der Waals surface area contributed by atoms with Crippen molar-refractivity contribution in [1.82, 2.24) is 9.88 Å². The predicted molar refractivity (Wildman–Crippen MR) is 158 cm³/mol. The van der Waals surface area contributed by atoms with Gasteiger partial charge in [-0.1, -0.05) is 45.2 Å². The summed E-state index contributed by atoms with van der Waals surface area (Å²) in [6.45, 7) is 19.7. The Morgan fingerprint density at radius 1 is 1.34 bits per heavy atom. The molecule has 0 spiro atoms. The van der Waals surface area contributed by atoms with Crippen molar-refractivity contribution in [2.45, 2.75) is 84.5 Å². The standard InChI is InChI=1S/C29H43N3O4.C2H6.H2/c1-6-11-26(21(3)22(4)35-7-2)27(29(33)34-5)32-18-16-25(20-32)36-19-9-8-13-24-15-14-23-12-10-17-30-28(23)31-24;1-2;/h6,11,14-15,22,25,27H,1,3,7-10,12-13,16-20H2,2,4-5H3,(H,30,31);1-2H3;1H/b26-11+;;/t22?,25-,27?;;/m1../s1. The van der Waals surface area contributed by atoms with Crippen molar-refractivity contribution < 1.29 is 20.4 Å². The topological polar surface area (TPSA) is 72.9 Å². The fraction of sp³-hybridized carbons (Fsp3) is 0.613. The molecular formula is C31H51N3O4. The van der Waals surface area contributed by atoms with Crippen LogP contribution in [0.4, 0.5) is 5.82 Å². The molecule has 1 fully saturated rings. The summed E-state index contributed by atoms with van der Waals surface area (Å²) in [5.41, 5.74) is 4.01. The molecule has 2 aliphatic rings. The number of fused-ring (bicyclic) bond motifs is 1. The van der Waals surface area contributed by atoms with E-state index < -0.39 is 6.04 Å². The van der Waals surface area contributed by atoms with E-state index in [1.165, 1.54) is 19.1 Å². The number of hydrogen-bond donors (Lipinski definition) is 1. The van der Waals surface area contributed by atoms with Crippen LogP contribution in [-0.2, 0) is 31.8 Å². The Hall–Kier alpha value is -2.48. The molecule has 1 aromatic heterocycles. The van der Waals surface area contributed by atoms with Gasteiger partial charge in [-0.2, -0.15) is 0 Å². The number of esters is 1. The van der Waals surface area contributed by atoms with Crippen LogP contribution < -0.4 is 5.32 Å².